The third-order valence-electron chi connectivity index (χ3n) is 3.80. The molecule has 3 heteroatoms. The fourth-order valence-corrected chi connectivity index (χ4v) is 1.86. The lowest BCUT2D eigenvalue weighted by Crippen LogP contribution is -2.55. The predicted molar refractivity (Wildman–Crippen MR) is 78.1 cm³/mol. The van der Waals surface area contributed by atoms with Crippen LogP contribution >= 0.6 is 0 Å². The number of hydrogen-bond acceptors (Lipinski definition) is 3. The molecule has 2 atom stereocenters. The van der Waals surface area contributed by atoms with E-state index < -0.39 is 5.54 Å². The lowest BCUT2D eigenvalue weighted by molar-refractivity contribution is -0.117. The normalized spacial score (nSPS) is 16.7. The van der Waals surface area contributed by atoms with Crippen LogP contribution in [0.3, 0.4) is 0 Å². The fourth-order valence-electron chi connectivity index (χ4n) is 1.86. The van der Waals surface area contributed by atoms with Gasteiger partial charge in [0.15, 0.2) is 0 Å². The van der Waals surface area contributed by atoms with Crippen LogP contribution < -0.4 is 5.32 Å². The van der Waals surface area contributed by atoms with Gasteiger partial charge in [0.1, 0.15) is 6.29 Å². The van der Waals surface area contributed by atoms with Crippen LogP contribution in [0.15, 0.2) is 30.3 Å². The molecule has 0 spiro atoms. The third kappa shape index (κ3) is 3.88. The van der Waals surface area contributed by atoms with Gasteiger partial charge < -0.3 is 9.53 Å². The third-order valence-corrected chi connectivity index (χ3v) is 3.80. The summed E-state index contributed by atoms with van der Waals surface area (Å²) in [7, 11) is 1.67. The van der Waals surface area contributed by atoms with Crippen LogP contribution in [0.25, 0.3) is 0 Å². The fraction of sp³-hybridized carbons (Fsp3) is 0.562. The molecule has 0 aliphatic rings. The predicted octanol–water partition coefficient (Wildman–Crippen LogP) is 2.97. The van der Waals surface area contributed by atoms with Crippen molar-refractivity contribution in [2.45, 2.75) is 39.3 Å². The van der Waals surface area contributed by atoms with E-state index >= 15 is 0 Å². The monoisotopic (exact) mass is 263 g/mol. The standard InChI is InChI=1S/C16H25NO2/c1-15(2,3)16(4,12-18)17-14(11-19-5)13-9-7-6-8-10-13/h6-10,12,14,17H,11H2,1-5H3/t14-,16-/m0/s1. The van der Waals surface area contributed by atoms with Crippen LogP contribution in [-0.2, 0) is 9.53 Å². The maximum atomic E-state index is 11.5. The molecule has 0 saturated carbocycles. The van der Waals surface area contributed by atoms with Gasteiger partial charge >= 0.3 is 0 Å². The highest BCUT2D eigenvalue weighted by molar-refractivity contribution is 5.65. The Bertz CT molecular complexity index is 397. The smallest absolute Gasteiger partial charge is 0.140 e. The highest BCUT2D eigenvalue weighted by atomic mass is 16.5. The molecule has 0 aliphatic carbocycles. The zero-order valence-electron chi connectivity index (χ0n) is 12.6. The molecule has 0 unspecified atom stereocenters. The van der Waals surface area contributed by atoms with Crippen molar-refractivity contribution in [2.24, 2.45) is 5.41 Å². The topological polar surface area (TPSA) is 38.3 Å². The number of hydrogen-bond donors (Lipinski definition) is 1. The molecule has 0 heterocycles. The summed E-state index contributed by atoms with van der Waals surface area (Å²) < 4.78 is 5.28. The van der Waals surface area contributed by atoms with Crippen LogP contribution in [0.1, 0.15) is 39.3 Å². The van der Waals surface area contributed by atoms with Crippen LogP contribution in [0.5, 0.6) is 0 Å². The number of aldehydes is 1. The number of carbonyl (C=O) groups excluding carboxylic acids is 1. The number of methoxy groups -OCH3 is 1. The molecule has 0 saturated heterocycles. The molecule has 3 nitrogen and oxygen atoms in total. The van der Waals surface area contributed by atoms with Gasteiger partial charge in [-0.3, -0.25) is 5.32 Å². The Hall–Kier alpha value is -1.19. The lowest BCUT2D eigenvalue weighted by Gasteiger charge is -2.41. The van der Waals surface area contributed by atoms with Gasteiger partial charge in [0.25, 0.3) is 0 Å². The Morgan fingerprint density at radius 1 is 1.21 bits per heavy atom. The van der Waals surface area contributed by atoms with Crippen LogP contribution in [0.4, 0.5) is 0 Å². The van der Waals surface area contributed by atoms with E-state index in [0.717, 1.165) is 11.8 Å². The molecule has 0 aliphatic heterocycles. The molecule has 0 fully saturated rings. The first-order valence-corrected chi connectivity index (χ1v) is 6.62. The Labute approximate surface area is 116 Å². The summed E-state index contributed by atoms with van der Waals surface area (Å²) in [6.07, 6.45) is 0.999. The average Bonchev–Trinajstić information content (AvgIpc) is 2.37. The number of benzene rings is 1. The van der Waals surface area contributed by atoms with Crippen LogP contribution in [-0.4, -0.2) is 25.5 Å². The first kappa shape index (κ1) is 15.9. The van der Waals surface area contributed by atoms with Crippen molar-refractivity contribution in [2.75, 3.05) is 13.7 Å². The van der Waals surface area contributed by atoms with E-state index in [2.05, 4.69) is 26.1 Å². The van der Waals surface area contributed by atoms with Crippen molar-refractivity contribution < 1.29 is 9.53 Å². The Morgan fingerprint density at radius 2 is 1.79 bits per heavy atom. The molecule has 0 amide bonds. The lowest BCUT2D eigenvalue weighted by atomic mass is 9.75. The van der Waals surface area contributed by atoms with Gasteiger partial charge in [0.2, 0.25) is 0 Å². The van der Waals surface area contributed by atoms with Crippen molar-refractivity contribution >= 4 is 6.29 Å². The molecule has 1 aromatic carbocycles. The second-order valence-corrected chi connectivity index (χ2v) is 6.13. The van der Waals surface area contributed by atoms with Crippen molar-refractivity contribution in [3.8, 4) is 0 Å². The Morgan fingerprint density at radius 3 is 2.21 bits per heavy atom. The van der Waals surface area contributed by atoms with E-state index in [1.54, 1.807) is 7.11 Å². The summed E-state index contributed by atoms with van der Waals surface area (Å²) in [6, 6.07) is 10.1. The van der Waals surface area contributed by atoms with E-state index in [1.807, 2.05) is 37.3 Å². The summed E-state index contributed by atoms with van der Waals surface area (Å²) in [6.45, 7) is 8.64. The second kappa shape index (κ2) is 6.31. The largest absolute Gasteiger partial charge is 0.383 e. The highest BCUT2D eigenvalue weighted by Gasteiger charge is 2.39. The summed E-state index contributed by atoms with van der Waals surface area (Å²) in [5, 5.41) is 3.44. The number of ether oxygens (including phenoxy) is 1. The maximum Gasteiger partial charge on any atom is 0.140 e. The quantitative estimate of drug-likeness (QED) is 0.802. The number of rotatable bonds is 6. The van der Waals surface area contributed by atoms with Gasteiger partial charge in [-0.2, -0.15) is 0 Å². The Balaban J connectivity index is 2.99. The molecule has 1 rings (SSSR count). The Kier molecular flexibility index (Phi) is 5.27. The molecular formula is C16H25NO2. The van der Waals surface area contributed by atoms with Crippen LogP contribution in [0.2, 0.25) is 0 Å². The minimum absolute atomic E-state index is 0.000579. The van der Waals surface area contributed by atoms with E-state index in [1.165, 1.54) is 0 Å². The highest BCUT2D eigenvalue weighted by Crippen LogP contribution is 2.31. The molecular weight excluding hydrogens is 238 g/mol. The molecule has 1 aromatic rings. The summed E-state index contributed by atoms with van der Waals surface area (Å²) in [4.78, 5) is 11.5. The van der Waals surface area contributed by atoms with Gasteiger partial charge in [0, 0.05) is 7.11 Å². The van der Waals surface area contributed by atoms with Gasteiger partial charge in [0.05, 0.1) is 18.2 Å². The van der Waals surface area contributed by atoms with E-state index in [9.17, 15) is 4.79 Å². The van der Waals surface area contributed by atoms with Crippen molar-refractivity contribution in [3.05, 3.63) is 35.9 Å². The van der Waals surface area contributed by atoms with E-state index in [0.29, 0.717) is 6.61 Å². The summed E-state index contributed by atoms with van der Waals surface area (Å²) in [5.41, 5.74) is 0.350. The van der Waals surface area contributed by atoms with Gasteiger partial charge in [-0.05, 0) is 17.9 Å². The molecule has 0 radical (unpaired) electrons. The maximum absolute atomic E-state index is 11.5. The first-order chi connectivity index (χ1) is 8.84. The van der Waals surface area contributed by atoms with E-state index in [-0.39, 0.29) is 11.5 Å². The first-order valence-electron chi connectivity index (χ1n) is 6.62. The minimum atomic E-state index is -0.605. The van der Waals surface area contributed by atoms with Gasteiger partial charge in [-0.15, -0.1) is 0 Å². The van der Waals surface area contributed by atoms with Gasteiger partial charge in [-0.1, -0.05) is 51.1 Å². The van der Waals surface area contributed by atoms with Crippen molar-refractivity contribution in [1.29, 1.82) is 0 Å². The molecule has 0 bridgehead atoms. The van der Waals surface area contributed by atoms with Crippen molar-refractivity contribution in [1.82, 2.24) is 5.32 Å². The molecule has 0 aromatic heterocycles. The number of carbonyl (C=O) groups is 1. The van der Waals surface area contributed by atoms with Gasteiger partial charge in [-0.25, -0.2) is 0 Å². The second-order valence-electron chi connectivity index (χ2n) is 6.13. The molecule has 1 N–H and O–H groups in total. The minimum Gasteiger partial charge on any atom is -0.383 e. The summed E-state index contributed by atoms with van der Waals surface area (Å²) in [5.74, 6) is 0. The zero-order valence-corrected chi connectivity index (χ0v) is 12.6. The molecule has 19 heavy (non-hydrogen) atoms. The van der Waals surface area contributed by atoms with Crippen molar-refractivity contribution in [3.63, 3.8) is 0 Å². The molecule has 106 valence electrons. The zero-order chi connectivity index (χ0) is 14.5. The summed E-state index contributed by atoms with van der Waals surface area (Å²) >= 11 is 0. The number of nitrogens with one attached hydrogen (secondary N) is 1. The SMILES string of the molecule is COC[C@H](N[C@@](C)(C=O)C(C)(C)C)c1ccccc1. The van der Waals surface area contributed by atoms with E-state index in [4.69, 9.17) is 4.74 Å². The van der Waals surface area contributed by atoms with Crippen LogP contribution in [0, 0.1) is 5.41 Å². The average molecular weight is 263 g/mol.